The summed E-state index contributed by atoms with van der Waals surface area (Å²) in [4.78, 5) is 12.5. The van der Waals surface area contributed by atoms with Crippen LogP contribution in [-0.2, 0) is 11.3 Å². The van der Waals surface area contributed by atoms with Crippen LogP contribution in [-0.4, -0.2) is 35.8 Å². The van der Waals surface area contributed by atoms with Gasteiger partial charge in [0.25, 0.3) is 5.91 Å². The SMILES string of the molecule is COc1ccc2c(cnn2C2CCCCO2)c1CNC(=O)c1ccc(OC(F)(F)F)cc1. The fourth-order valence-corrected chi connectivity index (χ4v) is 3.76. The van der Waals surface area contributed by atoms with Crippen LogP contribution >= 0.6 is 0 Å². The van der Waals surface area contributed by atoms with Crippen molar-refractivity contribution in [1.29, 1.82) is 0 Å². The molecule has 4 rings (SSSR count). The Morgan fingerprint density at radius 2 is 2.00 bits per heavy atom. The van der Waals surface area contributed by atoms with Crippen LogP contribution in [0.1, 0.15) is 41.4 Å². The van der Waals surface area contributed by atoms with E-state index in [0.29, 0.717) is 12.4 Å². The highest BCUT2D eigenvalue weighted by atomic mass is 19.4. The summed E-state index contributed by atoms with van der Waals surface area (Å²) in [6.45, 7) is 0.843. The lowest BCUT2D eigenvalue weighted by Gasteiger charge is -2.23. The van der Waals surface area contributed by atoms with Crippen LogP contribution < -0.4 is 14.8 Å². The fraction of sp³-hybridized carbons (Fsp3) is 0.364. The number of alkyl halides is 3. The van der Waals surface area contributed by atoms with Gasteiger partial charge in [0.1, 0.15) is 11.5 Å². The number of methoxy groups -OCH3 is 1. The Morgan fingerprint density at radius 1 is 1.22 bits per heavy atom. The van der Waals surface area contributed by atoms with Gasteiger partial charge in [0.15, 0.2) is 6.23 Å². The zero-order chi connectivity index (χ0) is 22.7. The fourth-order valence-electron chi connectivity index (χ4n) is 3.76. The molecule has 0 aliphatic carbocycles. The molecular formula is C22H22F3N3O4. The van der Waals surface area contributed by atoms with Gasteiger partial charge in [-0.2, -0.15) is 5.10 Å². The molecular weight excluding hydrogens is 427 g/mol. The second-order valence-corrected chi connectivity index (χ2v) is 7.34. The number of benzene rings is 2. The van der Waals surface area contributed by atoms with E-state index in [1.807, 2.05) is 16.8 Å². The minimum atomic E-state index is -4.79. The standard InChI is InChI=1S/C22H22F3N3O4/c1-30-19-10-9-18-16(13-27-28(18)20-4-2-3-11-31-20)17(19)12-26-21(29)14-5-7-15(8-6-14)32-22(23,24)25/h5-10,13,20H,2-4,11-12H2,1H3,(H,26,29). The third-order valence-corrected chi connectivity index (χ3v) is 5.27. The Balaban J connectivity index is 1.52. The number of amides is 1. The molecule has 0 spiro atoms. The van der Waals surface area contributed by atoms with Gasteiger partial charge in [-0.15, -0.1) is 13.2 Å². The van der Waals surface area contributed by atoms with Gasteiger partial charge in [0.2, 0.25) is 0 Å². The number of aromatic nitrogens is 2. The van der Waals surface area contributed by atoms with Crippen molar-refractivity contribution in [3.63, 3.8) is 0 Å². The van der Waals surface area contributed by atoms with Gasteiger partial charge in [-0.1, -0.05) is 0 Å². The highest BCUT2D eigenvalue weighted by molar-refractivity contribution is 5.94. The van der Waals surface area contributed by atoms with Crippen molar-refractivity contribution in [3.8, 4) is 11.5 Å². The van der Waals surface area contributed by atoms with Gasteiger partial charge in [-0.3, -0.25) is 4.79 Å². The summed E-state index contributed by atoms with van der Waals surface area (Å²) in [5.41, 5.74) is 1.82. The Hall–Kier alpha value is -3.27. The lowest BCUT2D eigenvalue weighted by atomic mass is 10.1. The van der Waals surface area contributed by atoms with E-state index in [1.165, 1.54) is 12.1 Å². The van der Waals surface area contributed by atoms with Gasteiger partial charge in [0.05, 0.1) is 18.8 Å². The lowest BCUT2D eigenvalue weighted by molar-refractivity contribution is -0.274. The molecule has 10 heteroatoms. The predicted octanol–water partition coefficient (Wildman–Crippen LogP) is 4.57. The molecule has 1 aliphatic rings. The summed E-state index contributed by atoms with van der Waals surface area (Å²) in [5, 5.41) is 8.11. The molecule has 1 fully saturated rings. The van der Waals surface area contributed by atoms with Crippen LogP contribution in [0.15, 0.2) is 42.6 Å². The molecule has 1 saturated heterocycles. The van der Waals surface area contributed by atoms with Gasteiger partial charge >= 0.3 is 6.36 Å². The first-order valence-electron chi connectivity index (χ1n) is 10.1. The van der Waals surface area contributed by atoms with Crippen molar-refractivity contribution < 1.29 is 32.2 Å². The number of ether oxygens (including phenoxy) is 3. The lowest BCUT2D eigenvalue weighted by Crippen LogP contribution is -2.23. The molecule has 0 bridgehead atoms. The van der Waals surface area contributed by atoms with E-state index < -0.39 is 18.0 Å². The number of halogens is 3. The van der Waals surface area contributed by atoms with Crippen LogP contribution in [0.25, 0.3) is 10.9 Å². The molecule has 170 valence electrons. The van der Waals surface area contributed by atoms with E-state index in [0.717, 1.165) is 47.9 Å². The Morgan fingerprint density at radius 3 is 2.66 bits per heavy atom. The van der Waals surface area contributed by atoms with Crippen LogP contribution in [0.5, 0.6) is 11.5 Å². The van der Waals surface area contributed by atoms with Crippen LogP contribution in [0.4, 0.5) is 13.2 Å². The molecule has 1 atom stereocenters. The maximum Gasteiger partial charge on any atom is 0.573 e. The third-order valence-electron chi connectivity index (χ3n) is 5.27. The topological polar surface area (TPSA) is 74.6 Å². The van der Waals surface area contributed by atoms with Crippen LogP contribution in [0.2, 0.25) is 0 Å². The summed E-state index contributed by atoms with van der Waals surface area (Å²) in [7, 11) is 1.54. The van der Waals surface area contributed by atoms with E-state index in [2.05, 4.69) is 15.2 Å². The first-order chi connectivity index (χ1) is 15.4. The number of nitrogens with one attached hydrogen (secondary N) is 1. The van der Waals surface area contributed by atoms with Gasteiger partial charge < -0.3 is 19.5 Å². The first kappa shape index (κ1) is 21.9. The van der Waals surface area contributed by atoms with Gasteiger partial charge in [0, 0.05) is 29.7 Å². The number of fused-ring (bicyclic) bond motifs is 1. The van der Waals surface area contributed by atoms with E-state index >= 15 is 0 Å². The maximum atomic E-state index is 12.5. The van der Waals surface area contributed by atoms with E-state index in [-0.39, 0.29) is 18.3 Å². The largest absolute Gasteiger partial charge is 0.573 e. The molecule has 0 saturated carbocycles. The molecule has 1 amide bonds. The zero-order valence-electron chi connectivity index (χ0n) is 17.3. The smallest absolute Gasteiger partial charge is 0.496 e. The monoisotopic (exact) mass is 449 g/mol. The van der Waals surface area contributed by atoms with Gasteiger partial charge in [-0.25, -0.2) is 4.68 Å². The molecule has 1 unspecified atom stereocenters. The van der Waals surface area contributed by atoms with Crippen molar-refractivity contribution in [2.45, 2.75) is 38.4 Å². The summed E-state index contributed by atoms with van der Waals surface area (Å²) in [5.74, 6) is -0.237. The number of carbonyl (C=O) groups excluding carboxylic acids is 1. The van der Waals surface area contributed by atoms with Crippen molar-refractivity contribution in [3.05, 3.63) is 53.7 Å². The molecule has 3 aromatic rings. The summed E-state index contributed by atoms with van der Waals surface area (Å²) in [6.07, 6.45) is -0.216. The van der Waals surface area contributed by atoms with Crippen molar-refractivity contribution >= 4 is 16.8 Å². The van der Waals surface area contributed by atoms with Crippen molar-refractivity contribution in [2.75, 3.05) is 13.7 Å². The molecule has 0 radical (unpaired) electrons. The number of carbonyl (C=O) groups is 1. The molecule has 7 nitrogen and oxygen atoms in total. The number of nitrogens with zero attached hydrogens (tertiary/aromatic N) is 2. The quantitative estimate of drug-likeness (QED) is 0.597. The highest BCUT2D eigenvalue weighted by Gasteiger charge is 2.31. The minimum absolute atomic E-state index is 0.130. The second kappa shape index (κ2) is 9.07. The maximum absolute atomic E-state index is 12.5. The summed E-state index contributed by atoms with van der Waals surface area (Å²) >= 11 is 0. The number of hydrogen-bond donors (Lipinski definition) is 1. The van der Waals surface area contributed by atoms with Crippen LogP contribution in [0.3, 0.4) is 0 Å². The zero-order valence-corrected chi connectivity index (χ0v) is 17.3. The molecule has 32 heavy (non-hydrogen) atoms. The average molecular weight is 449 g/mol. The summed E-state index contributed by atoms with van der Waals surface area (Å²) in [6, 6.07) is 8.45. The normalized spacial score (nSPS) is 16.7. The number of hydrogen-bond acceptors (Lipinski definition) is 5. The highest BCUT2D eigenvalue weighted by Crippen LogP contribution is 2.32. The second-order valence-electron chi connectivity index (χ2n) is 7.34. The minimum Gasteiger partial charge on any atom is -0.496 e. The molecule has 1 N–H and O–H groups in total. The molecule has 2 aromatic carbocycles. The summed E-state index contributed by atoms with van der Waals surface area (Å²) < 4.78 is 53.9. The Bertz CT molecular complexity index is 1090. The van der Waals surface area contributed by atoms with E-state index in [4.69, 9.17) is 9.47 Å². The van der Waals surface area contributed by atoms with E-state index in [9.17, 15) is 18.0 Å². The molecule has 1 aliphatic heterocycles. The molecule has 2 heterocycles. The number of rotatable bonds is 6. The van der Waals surface area contributed by atoms with Crippen molar-refractivity contribution in [2.24, 2.45) is 0 Å². The predicted molar refractivity (Wildman–Crippen MR) is 109 cm³/mol. The van der Waals surface area contributed by atoms with Gasteiger partial charge in [-0.05, 0) is 55.7 Å². The van der Waals surface area contributed by atoms with Crippen LogP contribution in [0, 0.1) is 0 Å². The first-order valence-corrected chi connectivity index (χ1v) is 10.1. The molecule has 1 aromatic heterocycles. The van der Waals surface area contributed by atoms with E-state index in [1.54, 1.807) is 13.3 Å². The Labute approximate surface area is 182 Å². The Kier molecular flexibility index (Phi) is 6.22. The average Bonchev–Trinajstić information content (AvgIpc) is 3.21. The third kappa shape index (κ3) is 4.80. The van der Waals surface area contributed by atoms with Crippen molar-refractivity contribution in [1.82, 2.24) is 15.1 Å².